The van der Waals surface area contributed by atoms with E-state index in [9.17, 15) is 23.5 Å². The van der Waals surface area contributed by atoms with Gasteiger partial charge in [-0.3, -0.25) is 9.59 Å². The van der Waals surface area contributed by atoms with Crippen LogP contribution in [0.2, 0.25) is 0 Å². The molecule has 12 heteroatoms. The molecule has 1 saturated heterocycles. The number of halogens is 3. The second kappa shape index (κ2) is 8.99. The standard InChI is InChI=1S/C22H24F3N5O4/c1-3-28-12-22(2,19(32)33)18(31)13-11-14(23)16(17(15(13)28)34-20(24)25)29-7-9-30(10-8-29)21-26-5-4-6-27-21/h4-6,11,20H,3,7-10,12H2,1-2H3,(H,32,33). The molecule has 182 valence electrons. The number of ether oxygens (including phenoxy) is 1. The molecule has 0 aliphatic carbocycles. The molecule has 2 aliphatic heterocycles. The van der Waals surface area contributed by atoms with E-state index in [0.717, 1.165) is 6.07 Å². The molecule has 0 bridgehead atoms. The lowest BCUT2D eigenvalue weighted by atomic mass is 9.77. The Morgan fingerprint density at radius 3 is 2.35 bits per heavy atom. The fourth-order valence-corrected chi connectivity index (χ4v) is 4.44. The number of carboxylic acids is 1. The summed E-state index contributed by atoms with van der Waals surface area (Å²) in [5.41, 5.74) is -2.33. The summed E-state index contributed by atoms with van der Waals surface area (Å²) in [6.45, 7) is 0.945. The lowest BCUT2D eigenvalue weighted by Crippen LogP contribution is -2.51. The number of carbonyl (C=O) groups is 2. The van der Waals surface area contributed by atoms with Crippen LogP contribution in [0, 0.1) is 11.2 Å². The molecule has 4 rings (SSSR count). The normalized spacial score (nSPS) is 20.5. The third kappa shape index (κ3) is 3.97. The first-order valence-corrected chi connectivity index (χ1v) is 10.8. The molecule has 1 aromatic carbocycles. The number of nitrogens with zero attached hydrogens (tertiary/aromatic N) is 5. The number of Topliss-reactive ketones (excluding diaryl/α,β-unsaturated/α-hetero) is 1. The topological polar surface area (TPSA) is 99.1 Å². The molecule has 0 spiro atoms. The summed E-state index contributed by atoms with van der Waals surface area (Å²) in [5, 5.41) is 9.65. The number of ketones is 1. The zero-order valence-corrected chi connectivity index (χ0v) is 18.7. The Hall–Kier alpha value is -3.57. The van der Waals surface area contributed by atoms with Gasteiger partial charge in [-0.1, -0.05) is 0 Å². The van der Waals surface area contributed by atoms with Gasteiger partial charge in [-0.2, -0.15) is 8.78 Å². The zero-order valence-electron chi connectivity index (χ0n) is 18.7. The SMILES string of the molecule is CCN1CC(C)(C(=O)O)C(=O)c2cc(F)c(N3CCN(c4ncccn4)CC3)c(OC(F)F)c21. The van der Waals surface area contributed by atoms with Crippen molar-refractivity contribution < 1.29 is 32.6 Å². The predicted octanol–water partition coefficient (Wildman–Crippen LogP) is 2.66. The van der Waals surface area contributed by atoms with Crippen molar-refractivity contribution in [1.29, 1.82) is 0 Å². The number of hydrogen-bond acceptors (Lipinski definition) is 8. The molecule has 1 N–H and O–H groups in total. The van der Waals surface area contributed by atoms with Gasteiger partial charge in [-0.25, -0.2) is 14.4 Å². The molecule has 3 heterocycles. The summed E-state index contributed by atoms with van der Waals surface area (Å²) in [6.07, 6.45) is 3.21. The van der Waals surface area contributed by atoms with Gasteiger partial charge in [0.1, 0.15) is 11.1 Å². The Morgan fingerprint density at radius 1 is 1.18 bits per heavy atom. The highest BCUT2D eigenvalue weighted by Gasteiger charge is 2.49. The molecule has 1 atom stereocenters. The van der Waals surface area contributed by atoms with Crippen LogP contribution in [-0.4, -0.2) is 72.7 Å². The number of anilines is 3. The van der Waals surface area contributed by atoms with Gasteiger partial charge in [0.15, 0.2) is 17.3 Å². The Kier molecular flexibility index (Phi) is 6.24. The number of rotatable bonds is 6. The van der Waals surface area contributed by atoms with Gasteiger partial charge < -0.3 is 24.5 Å². The maximum absolute atomic E-state index is 15.4. The van der Waals surface area contributed by atoms with E-state index in [-0.39, 0.29) is 43.1 Å². The smallest absolute Gasteiger partial charge is 0.387 e. The molecular weight excluding hydrogens is 455 g/mol. The fourth-order valence-electron chi connectivity index (χ4n) is 4.44. The molecule has 34 heavy (non-hydrogen) atoms. The van der Waals surface area contributed by atoms with Gasteiger partial charge in [-0.05, 0) is 26.0 Å². The van der Waals surface area contributed by atoms with Gasteiger partial charge in [0.25, 0.3) is 0 Å². The summed E-state index contributed by atoms with van der Waals surface area (Å²) >= 11 is 0. The first kappa shape index (κ1) is 23.6. The number of piperazine rings is 1. The van der Waals surface area contributed by atoms with Gasteiger partial charge in [0, 0.05) is 57.2 Å². The monoisotopic (exact) mass is 479 g/mol. The molecule has 2 aliphatic rings. The minimum Gasteiger partial charge on any atom is -0.480 e. The minimum atomic E-state index is -3.27. The lowest BCUT2D eigenvalue weighted by Gasteiger charge is -2.41. The van der Waals surface area contributed by atoms with Gasteiger partial charge in [0.2, 0.25) is 5.95 Å². The van der Waals surface area contributed by atoms with Crippen LogP contribution in [0.15, 0.2) is 24.5 Å². The highest BCUT2D eigenvalue weighted by atomic mass is 19.3. The number of fused-ring (bicyclic) bond motifs is 1. The molecule has 2 aromatic rings. The third-order valence-corrected chi connectivity index (χ3v) is 6.24. The van der Waals surface area contributed by atoms with Gasteiger partial charge >= 0.3 is 12.6 Å². The van der Waals surface area contributed by atoms with Crippen molar-refractivity contribution in [3.05, 3.63) is 35.9 Å². The molecule has 1 unspecified atom stereocenters. The van der Waals surface area contributed by atoms with Crippen LogP contribution in [0.4, 0.5) is 30.5 Å². The highest BCUT2D eigenvalue weighted by molar-refractivity contribution is 6.17. The van der Waals surface area contributed by atoms with Crippen molar-refractivity contribution in [2.75, 3.05) is 54.0 Å². The van der Waals surface area contributed by atoms with E-state index in [1.54, 1.807) is 30.3 Å². The van der Waals surface area contributed by atoms with Gasteiger partial charge in [0.05, 0.1) is 5.69 Å². The van der Waals surface area contributed by atoms with Crippen molar-refractivity contribution in [3.63, 3.8) is 0 Å². The molecule has 1 aromatic heterocycles. The van der Waals surface area contributed by atoms with Crippen LogP contribution in [-0.2, 0) is 4.79 Å². The quantitative estimate of drug-likeness (QED) is 0.627. The zero-order chi connectivity index (χ0) is 24.6. The van der Waals surface area contributed by atoms with Crippen molar-refractivity contribution in [2.45, 2.75) is 20.5 Å². The predicted molar refractivity (Wildman–Crippen MR) is 117 cm³/mol. The van der Waals surface area contributed by atoms with Crippen molar-refractivity contribution >= 4 is 29.1 Å². The Balaban J connectivity index is 1.76. The molecule has 0 saturated carbocycles. The Bertz CT molecular complexity index is 1100. The average Bonchev–Trinajstić information content (AvgIpc) is 2.82. The first-order chi connectivity index (χ1) is 16.2. The first-order valence-electron chi connectivity index (χ1n) is 10.8. The van der Waals surface area contributed by atoms with E-state index >= 15 is 4.39 Å². The van der Waals surface area contributed by atoms with Crippen molar-refractivity contribution in [1.82, 2.24) is 9.97 Å². The van der Waals surface area contributed by atoms with E-state index in [0.29, 0.717) is 19.0 Å². The summed E-state index contributed by atoms with van der Waals surface area (Å²) in [7, 11) is 0. The van der Waals surface area contributed by atoms with E-state index in [1.165, 1.54) is 11.8 Å². The van der Waals surface area contributed by atoms with Crippen LogP contribution < -0.4 is 19.4 Å². The number of hydrogen-bond donors (Lipinski definition) is 1. The van der Waals surface area contributed by atoms with Crippen LogP contribution in [0.25, 0.3) is 0 Å². The molecule has 9 nitrogen and oxygen atoms in total. The summed E-state index contributed by atoms with van der Waals surface area (Å²) in [4.78, 5) is 38.3. The van der Waals surface area contributed by atoms with Crippen LogP contribution in [0.1, 0.15) is 24.2 Å². The van der Waals surface area contributed by atoms with Crippen LogP contribution >= 0.6 is 0 Å². The maximum atomic E-state index is 15.4. The third-order valence-electron chi connectivity index (χ3n) is 6.24. The molecule has 0 amide bonds. The van der Waals surface area contributed by atoms with E-state index in [2.05, 4.69) is 9.97 Å². The molecular formula is C22H24F3N5O4. The van der Waals surface area contributed by atoms with Crippen molar-refractivity contribution in [3.8, 4) is 5.75 Å². The largest absolute Gasteiger partial charge is 0.480 e. The summed E-state index contributed by atoms with van der Waals surface area (Å²) < 4.78 is 47.2. The fraction of sp³-hybridized carbons (Fsp3) is 0.455. The second-order valence-electron chi connectivity index (χ2n) is 8.31. The number of aromatic nitrogens is 2. The van der Waals surface area contributed by atoms with E-state index in [1.807, 2.05) is 4.90 Å². The van der Waals surface area contributed by atoms with Gasteiger partial charge in [-0.15, -0.1) is 0 Å². The average molecular weight is 479 g/mol. The van der Waals surface area contributed by atoms with E-state index in [4.69, 9.17) is 4.74 Å². The Labute approximate surface area is 193 Å². The van der Waals surface area contributed by atoms with E-state index < -0.39 is 35.3 Å². The number of aliphatic carboxylic acids is 1. The van der Waals surface area contributed by atoms with Crippen molar-refractivity contribution in [2.24, 2.45) is 5.41 Å². The maximum Gasteiger partial charge on any atom is 0.387 e. The lowest BCUT2D eigenvalue weighted by molar-refractivity contribution is -0.144. The number of carbonyl (C=O) groups excluding carboxylic acids is 1. The number of carboxylic acid groups (broad SMARTS) is 1. The number of alkyl halides is 2. The summed E-state index contributed by atoms with van der Waals surface area (Å²) in [5.74, 6) is -3.11. The number of benzene rings is 1. The summed E-state index contributed by atoms with van der Waals surface area (Å²) in [6, 6.07) is 2.62. The molecule has 0 radical (unpaired) electrons. The Morgan fingerprint density at radius 2 is 1.79 bits per heavy atom. The molecule has 1 fully saturated rings. The minimum absolute atomic E-state index is 0.0169. The van der Waals surface area contributed by atoms with Crippen LogP contribution in [0.3, 0.4) is 0 Å². The van der Waals surface area contributed by atoms with Crippen LogP contribution in [0.5, 0.6) is 5.75 Å². The highest BCUT2D eigenvalue weighted by Crippen LogP contribution is 2.49. The second-order valence-corrected chi connectivity index (χ2v) is 8.31.